The van der Waals surface area contributed by atoms with Gasteiger partial charge in [0.25, 0.3) is 0 Å². The molecule has 0 spiro atoms. The Kier molecular flexibility index (Phi) is 3.49. The maximum absolute atomic E-state index is 4.78. The van der Waals surface area contributed by atoms with Gasteiger partial charge in [0, 0.05) is 5.69 Å². The van der Waals surface area contributed by atoms with Gasteiger partial charge in [-0.15, -0.1) is 0 Å². The van der Waals surface area contributed by atoms with Crippen molar-refractivity contribution in [3.63, 3.8) is 0 Å². The second-order valence-corrected chi connectivity index (χ2v) is 5.37. The maximum atomic E-state index is 4.78. The van der Waals surface area contributed by atoms with Crippen LogP contribution in [-0.2, 0) is 0 Å². The summed E-state index contributed by atoms with van der Waals surface area (Å²) in [6, 6.07) is 28.9. The Bertz CT molecular complexity index is 951. The third-order valence-corrected chi connectivity index (χ3v) is 3.83. The van der Waals surface area contributed by atoms with Crippen LogP contribution in [0.5, 0.6) is 0 Å². The Morgan fingerprint density at radius 2 is 1.30 bits per heavy atom. The predicted octanol–water partition coefficient (Wildman–Crippen LogP) is 5.20. The van der Waals surface area contributed by atoms with Crippen LogP contribution in [0.2, 0.25) is 0 Å². The quantitative estimate of drug-likeness (QED) is 0.508. The molecule has 0 amide bonds. The second kappa shape index (κ2) is 5.93. The summed E-state index contributed by atoms with van der Waals surface area (Å²) >= 11 is 0. The Morgan fingerprint density at radius 3 is 2.09 bits per heavy atom. The van der Waals surface area contributed by atoms with Crippen molar-refractivity contribution in [2.45, 2.75) is 0 Å². The van der Waals surface area contributed by atoms with Crippen molar-refractivity contribution in [3.05, 3.63) is 96.3 Å². The molecule has 0 N–H and O–H groups in total. The molecule has 3 aromatic carbocycles. The van der Waals surface area contributed by atoms with Crippen LogP contribution in [-0.4, -0.2) is 9.55 Å². The SMILES string of the molecule is C(=C/c1nc2ccccc2n1-c1ccccc1)/c1ccccc1. The average molecular weight is 296 g/mol. The van der Waals surface area contributed by atoms with Crippen LogP contribution < -0.4 is 0 Å². The standard InChI is InChI=1S/C21H16N2/c1-3-9-17(10-4-1)15-16-21-22-19-13-7-8-14-20(19)23(21)18-11-5-2-6-12-18/h1-16H/b16-15-. The molecule has 0 unspecified atom stereocenters. The molecule has 2 nitrogen and oxygen atoms in total. The lowest BCUT2D eigenvalue weighted by Gasteiger charge is -2.06. The molecule has 2 heteroatoms. The first-order valence-corrected chi connectivity index (χ1v) is 7.68. The molecule has 0 radical (unpaired) electrons. The summed E-state index contributed by atoms with van der Waals surface area (Å²) in [7, 11) is 0. The van der Waals surface area contributed by atoms with Crippen molar-refractivity contribution in [1.82, 2.24) is 9.55 Å². The van der Waals surface area contributed by atoms with Crippen LogP contribution in [0.25, 0.3) is 28.9 Å². The molecular formula is C21H16N2. The third-order valence-electron chi connectivity index (χ3n) is 3.83. The number of rotatable bonds is 3. The molecule has 0 fully saturated rings. The topological polar surface area (TPSA) is 17.8 Å². The van der Waals surface area contributed by atoms with Crippen molar-refractivity contribution in [3.8, 4) is 5.69 Å². The summed E-state index contributed by atoms with van der Waals surface area (Å²) in [5.41, 5.74) is 4.41. The number of hydrogen-bond acceptors (Lipinski definition) is 1. The molecular weight excluding hydrogens is 280 g/mol. The Labute approximate surface area is 135 Å². The number of benzene rings is 3. The number of hydrogen-bond donors (Lipinski definition) is 0. The normalized spacial score (nSPS) is 11.3. The largest absolute Gasteiger partial charge is 0.293 e. The Balaban J connectivity index is 1.88. The summed E-state index contributed by atoms with van der Waals surface area (Å²) in [5, 5.41) is 0. The summed E-state index contributed by atoms with van der Waals surface area (Å²) < 4.78 is 2.19. The van der Waals surface area contributed by atoms with E-state index in [2.05, 4.69) is 65.3 Å². The van der Waals surface area contributed by atoms with E-state index in [9.17, 15) is 0 Å². The number of para-hydroxylation sites is 3. The summed E-state index contributed by atoms with van der Waals surface area (Å²) in [4.78, 5) is 4.78. The monoisotopic (exact) mass is 296 g/mol. The highest BCUT2D eigenvalue weighted by atomic mass is 15.1. The first-order chi connectivity index (χ1) is 11.4. The fourth-order valence-electron chi connectivity index (χ4n) is 2.74. The average Bonchev–Trinajstić information content (AvgIpc) is 3.00. The third kappa shape index (κ3) is 2.67. The molecule has 0 aliphatic heterocycles. The van der Waals surface area contributed by atoms with E-state index in [-0.39, 0.29) is 0 Å². The minimum absolute atomic E-state index is 0.932. The molecule has 4 rings (SSSR count). The highest BCUT2D eigenvalue weighted by molar-refractivity contribution is 5.82. The van der Waals surface area contributed by atoms with E-state index < -0.39 is 0 Å². The zero-order valence-corrected chi connectivity index (χ0v) is 12.6. The van der Waals surface area contributed by atoms with Crippen molar-refractivity contribution < 1.29 is 0 Å². The van der Waals surface area contributed by atoms with Crippen LogP contribution in [0.4, 0.5) is 0 Å². The first-order valence-electron chi connectivity index (χ1n) is 7.68. The van der Waals surface area contributed by atoms with Crippen LogP contribution >= 0.6 is 0 Å². The van der Waals surface area contributed by atoms with Crippen molar-refractivity contribution in [2.24, 2.45) is 0 Å². The van der Waals surface area contributed by atoms with Crippen LogP contribution in [0.1, 0.15) is 11.4 Å². The fraction of sp³-hybridized carbons (Fsp3) is 0. The van der Waals surface area contributed by atoms with Gasteiger partial charge in [0.1, 0.15) is 5.82 Å². The molecule has 110 valence electrons. The molecule has 0 saturated heterocycles. The van der Waals surface area contributed by atoms with Gasteiger partial charge in [-0.05, 0) is 35.9 Å². The molecule has 1 heterocycles. The van der Waals surface area contributed by atoms with Gasteiger partial charge in [0.2, 0.25) is 0 Å². The minimum Gasteiger partial charge on any atom is -0.293 e. The number of aromatic nitrogens is 2. The van der Waals surface area contributed by atoms with Crippen molar-refractivity contribution in [2.75, 3.05) is 0 Å². The summed E-state index contributed by atoms with van der Waals surface area (Å²) in [6.45, 7) is 0. The molecule has 0 saturated carbocycles. The van der Waals surface area contributed by atoms with E-state index in [1.807, 2.05) is 36.4 Å². The van der Waals surface area contributed by atoms with Gasteiger partial charge in [0.15, 0.2) is 0 Å². The lowest BCUT2D eigenvalue weighted by atomic mass is 10.2. The molecule has 0 atom stereocenters. The van der Waals surface area contributed by atoms with Crippen molar-refractivity contribution >= 4 is 23.2 Å². The van der Waals surface area contributed by atoms with Crippen LogP contribution in [0.3, 0.4) is 0 Å². The Morgan fingerprint density at radius 1 is 0.652 bits per heavy atom. The summed E-state index contributed by atoms with van der Waals surface area (Å²) in [5.74, 6) is 0.932. The van der Waals surface area contributed by atoms with Gasteiger partial charge < -0.3 is 0 Å². The van der Waals surface area contributed by atoms with E-state index >= 15 is 0 Å². The molecule has 0 aliphatic rings. The highest BCUT2D eigenvalue weighted by Crippen LogP contribution is 2.22. The van der Waals surface area contributed by atoms with Gasteiger partial charge in [-0.25, -0.2) is 4.98 Å². The number of nitrogens with zero attached hydrogens (tertiary/aromatic N) is 2. The van der Waals surface area contributed by atoms with Crippen LogP contribution in [0, 0.1) is 0 Å². The maximum Gasteiger partial charge on any atom is 0.138 e. The highest BCUT2D eigenvalue weighted by Gasteiger charge is 2.09. The van der Waals surface area contributed by atoms with E-state index in [4.69, 9.17) is 4.98 Å². The predicted molar refractivity (Wildman–Crippen MR) is 96.4 cm³/mol. The summed E-state index contributed by atoms with van der Waals surface area (Å²) in [6.07, 6.45) is 4.17. The van der Waals surface area contributed by atoms with Crippen molar-refractivity contribution in [1.29, 1.82) is 0 Å². The van der Waals surface area contributed by atoms with E-state index in [0.717, 1.165) is 22.5 Å². The van der Waals surface area contributed by atoms with Gasteiger partial charge in [0.05, 0.1) is 11.0 Å². The lowest BCUT2D eigenvalue weighted by Crippen LogP contribution is -1.96. The molecule has 0 aliphatic carbocycles. The molecule has 1 aromatic heterocycles. The minimum atomic E-state index is 0.932. The second-order valence-electron chi connectivity index (χ2n) is 5.37. The van der Waals surface area contributed by atoms with Gasteiger partial charge in [-0.1, -0.05) is 66.7 Å². The van der Waals surface area contributed by atoms with Gasteiger partial charge in [-0.2, -0.15) is 0 Å². The first kappa shape index (κ1) is 13.5. The zero-order valence-electron chi connectivity index (χ0n) is 12.6. The number of fused-ring (bicyclic) bond motifs is 1. The van der Waals surface area contributed by atoms with Gasteiger partial charge in [-0.3, -0.25) is 4.57 Å². The molecule has 4 aromatic rings. The Hall–Kier alpha value is -3.13. The fourth-order valence-corrected chi connectivity index (χ4v) is 2.74. The lowest BCUT2D eigenvalue weighted by molar-refractivity contribution is 1.07. The van der Waals surface area contributed by atoms with Crippen LogP contribution in [0.15, 0.2) is 84.9 Å². The zero-order chi connectivity index (χ0) is 15.5. The van der Waals surface area contributed by atoms with Gasteiger partial charge >= 0.3 is 0 Å². The molecule has 23 heavy (non-hydrogen) atoms. The van der Waals surface area contributed by atoms with E-state index in [1.54, 1.807) is 0 Å². The molecule has 0 bridgehead atoms. The van der Waals surface area contributed by atoms with E-state index in [0.29, 0.717) is 0 Å². The smallest absolute Gasteiger partial charge is 0.138 e. The number of imidazole rings is 1. The van der Waals surface area contributed by atoms with E-state index in [1.165, 1.54) is 5.56 Å².